The molecular weight excluding hydrogens is 332 g/mol. The van der Waals surface area contributed by atoms with Gasteiger partial charge in [-0.3, -0.25) is 0 Å². The molecule has 0 aliphatic heterocycles. The van der Waals surface area contributed by atoms with Gasteiger partial charge < -0.3 is 0 Å². The molecule has 0 aliphatic carbocycles. The molecule has 0 unspecified atom stereocenters. The second-order valence-corrected chi connectivity index (χ2v) is 7.58. The van der Waals surface area contributed by atoms with Crippen molar-refractivity contribution in [2.75, 3.05) is 0 Å². The molecule has 0 amide bonds. The molecule has 5 rings (SSSR count). The average molecular weight is 350 g/mol. The van der Waals surface area contributed by atoms with Gasteiger partial charge in [-0.05, 0) is 50.0 Å². The summed E-state index contributed by atoms with van der Waals surface area (Å²) in [6.45, 7) is 0. The normalized spacial score (nSPS) is 11.4. The van der Waals surface area contributed by atoms with Crippen molar-refractivity contribution in [3.63, 3.8) is 0 Å². The molecular formula is C25H18S. The Labute approximate surface area is 157 Å². The van der Waals surface area contributed by atoms with E-state index in [1.165, 1.54) is 42.8 Å². The van der Waals surface area contributed by atoms with Crippen LogP contribution in [0.25, 0.3) is 32.3 Å². The van der Waals surface area contributed by atoms with Crippen LogP contribution in [0.5, 0.6) is 0 Å². The van der Waals surface area contributed by atoms with Crippen LogP contribution in [0.15, 0.2) is 102 Å². The van der Waals surface area contributed by atoms with Crippen LogP contribution in [0.3, 0.4) is 0 Å². The van der Waals surface area contributed by atoms with E-state index in [0.29, 0.717) is 0 Å². The Morgan fingerprint density at radius 1 is 0.500 bits per heavy atom. The molecule has 0 bridgehead atoms. The molecule has 0 atom stereocenters. The minimum Gasteiger partial charge on any atom is -0.121 e. The number of benzene rings is 5. The molecule has 0 aromatic heterocycles. The van der Waals surface area contributed by atoms with E-state index in [0.717, 1.165) is 5.75 Å². The molecule has 0 spiro atoms. The summed E-state index contributed by atoms with van der Waals surface area (Å²) < 4.78 is 0. The summed E-state index contributed by atoms with van der Waals surface area (Å²) in [5.74, 6) is 0.968. The third kappa shape index (κ3) is 2.65. The summed E-state index contributed by atoms with van der Waals surface area (Å²) in [5.41, 5.74) is 1.43. The maximum Gasteiger partial charge on any atom is 0.0244 e. The SMILES string of the molecule is c1ccc2c(SCc3c4ccccc4cc4ccccc34)cccc2c1. The summed E-state index contributed by atoms with van der Waals surface area (Å²) in [5, 5.41) is 8.00. The summed E-state index contributed by atoms with van der Waals surface area (Å²) in [7, 11) is 0. The van der Waals surface area contributed by atoms with E-state index in [9.17, 15) is 0 Å². The van der Waals surface area contributed by atoms with Crippen LogP contribution >= 0.6 is 11.8 Å². The van der Waals surface area contributed by atoms with E-state index < -0.39 is 0 Å². The first-order valence-corrected chi connectivity index (χ1v) is 9.89. The van der Waals surface area contributed by atoms with Gasteiger partial charge in [0.2, 0.25) is 0 Å². The Morgan fingerprint density at radius 2 is 1.04 bits per heavy atom. The van der Waals surface area contributed by atoms with Crippen LogP contribution in [-0.4, -0.2) is 0 Å². The van der Waals surface area contributed by atoms with Crippen molar-refractivity contribution in [3.8, 4) is 0 Å². The van der Waals surface area contributed by atoms with Crippen molar-refractivity contribution in [3.05, 3.63) is 103 Å². The van der Waals surface area contributed by atoms with Crippen LogP contribution < -0.4 is 0 Å². The number of hydrogen-bond donors (Lipinski definition) is 0. The first kappa shape index (κ1) is 15.5. The Kier molecular flexibility index (Phi) is 3.88. The van der Waals surface area contributed by atoms with Crippen molar-refractivity contribution in [1.82, 2.24) is 0 Å². The second kappa shape index (κ2) is 6.51. The van der Waals surface area contributed by atoms with E-state index in [1.807, 2.05) is 11.8 Å². The van der Waals surface area contributed by atoms with Gasteiger partial charge in [-0.25, -0.2) is 0 Å². The fraction of sp³-hybridized carbons (Fsp3) is 0.0400. The lowest BCUT2D eigenvalue weighted by Gasteiger charge is -2.12. The molecule has 0 N–H and O–H groups in total. The van der Waals surface area contributed by atoms with E-state index in [4.69, 9.17) is 0 Å². The second-order valence-electron chi connectivity index (χ2n) is 6.56. The lowest BCUT2D eigenvalue weighted by Crippen LogP contribution is -1.88. The molecule has 26 heavy (non-hydrogen) atoms. The monoisotopic (exact) mass is 350 g/mol. The molecule has 1 heteroatoms. The molecule has 5 aromatic rings. The Bertz CT molecular complexity index is 1180. The van der Waals surface area contributed by atoms with E-state index in [1.54, 1.807) is 0 Å². The van der Waals surface area contributed by atoms with Gasteiger partial charge in [-0.15, -0.1) is 11.8 Å². The van der Waals surface area contributed by atoms with Gasteiger partial charge in [0.25, 0.3) is 0 Å². The zero-order chi connectivity index (χ0) is 17.3. The Balaban J connectivity index is 1.64. The maximum atomic E-state index is 2.30. The molecule has 0 fully saturated rings. The highest BCUT2D eigenvalue weighted by Crippen LogP contribution is 2.35. The fourth-order valence-electron chi connectivity index (χ4n) is 3.73. The number of fused-ring (bicyclic) bond motifs is 3. The lowest BCUT2D eigenvalue weighted by atomic mass is 9.98. The molecule has 0 aliphatic rings. The summed E-state index contributed by atoms with van der Waals surface area (Å²) in [6.07, 6.45) is 0. The van der Waals surface area contributed by atoms with E-state index in [2.05, 4.69) is 97.1 Å². The standard InChI is InChI=1S/C25H18S/c1-6-14-23-18(8-1)11-7-15-25(23)26-17-24-21-12-4-2-9-19(21)16-20-10-3-5-13-22(20)24/h1-16H,17H2. The molecule has 0 heterocycles. The topological polar surface area (TPSA) is 0 Å². The Morgan fingerprint density at radius 3 is 1.73 bits per heavy atom. The molecule has 0 saturated carbocycles. The van der Waals surface area contributed by atoms with Gasteiger partial charge in [0.1, 0.15) is 0 Å². The van der Waals surface area contributed by atoms with Crippen molar-refractivity contribution in [1.29, 1.82) is 0 Å². The summed E-state index contributed by atoms with van der Waals surface area (Å²) in [6, 6.07) is 35.0. The zero-order valence-corrected chi connectivity index (χ0v) is 15.2. The van der Waals surface area contributed by atoms with Crippen LogP contribution in [0, 0.1) is 0 Å². The zero-order valence-electron chi connectivity index (χ0n) is 14.4. The third-order valence-electron chi connectivity index (χ3n) is 5.00. The molecule has 0 radical (unpaired) electrons. The van der Waals surface area contributed by atoms with Crippen molar-refractivity contribution >= 4 is 44.1 Å². The first-order valence-electron chi connectivity index (χ1n) is 8.90. The molecule has 0 saturated heterocycles. The van der Waals surface area contributed by atoms with E-state index in [-0.39, 0.29) is 0 Å². The van der Waals surface area contributed by atoms with Crippen LogP contribution in [0.2, 0.25) is 0 Å². The minimum atomic E-state index is 0.968. The van der Waals surface area contributed by atoms with Gasteiger partial charge in [-0.1, -0.05) is 84.9 Å². The van der Waals surface area contributed by atoms with E-state index >= 15 is 0 Å². The van der Waals surface area contributed by atoms with Crippen molar-refractivity contribution < 1.29 is 0 Å². The van der Waals surface area contributed by atoms with Crippen molar-refractivity contribution in [2.45, 2.75) is 10.6 Å². The largest absolute Gasteiger partial charge is 0.121 e. The third-order valence-corrected chi connectivity index (χ3v) is 6.10. The molecule has 124 valence electrons. The maximum absolute atomic E-state index is 2.30. The predicted molar refractivity (Wildman–Crippen MR) is 115 cm³/mol. The molecule has 0 nitrogen and oxygen atoms in total. The lowest BCUT2D eigenvalue weighted by molar-refractivity contribution is 1.47. The highest BCUT2D eigenvalue weighted by atomic mass is 32.2. The van der Waals surface area contributed by atoms with Crippen molar-refractivity contribution in [2.24, 2.45) is 0 Å². The van der Waals surface area contributed by atoms with Gasteiger partial charge in [0.05, 0.1) is 0 Å². The smallest absolute Gasteiger partial charge is 0.0244 e. The number of rotatable bonds is 3. The fourth-order valence-corrected chi connectivity index (χ4v) is 4.86. The van der Waals surface area contributed by atoms with Gasteiger partial charge in [-0.2, -0.15) is 0 Å². The van der Waals surface area contributed by atoms with Crippen LogP contribution in [0.4, 0.5) is 0 Å². The Hall–Kier alpha value is -2.77. The average Bonchev–Trinajstić information content (AvgIpc) is 2.71. The first-order chi connectivity index (χ1) is 12.9. The van der Waals surface area contributed by atoms with Crippen LogP contribution in [-0.2, 0) is 5.75 Å². The predicted octanol–water partition coefficient (Wildman–Crippen LogP) is 7.44. The molecule has 5 aromatic carbocycles. The number of thioether (sulfide) groups is 1. The highest BCUT2D eigenvalue weighted by molar-refractivity contribution is 7.98. The van der Waals surface area contributed by atoms with Gasteiger partial charge in [0.15, 0.2) is 0 Å². The minimum absolute atomic E-state index is 0.968. The highest BCUT2D eigenvalue weighted by Gasteiger charge is 2.09. The van der Waals surface area contributed by atoms with Crippen LogP contribution in [0.1, 0.15) is 5.56 Å². The van der Waals surface area contributed by atoms with Gasteiger partial charge in [0, 0.05) is 10.6 Å². The summed E-state index contributed by atoms with van der Waals surface area (Å²) in [4.78, 5) is 1.35. The quantitative estimate of drug-likeness (QED) is 0.241. The summed E-state index contributed by atoms with van der Waals surface area (Å²) >= 11 is 1.93. The van der Waals surface area contributed by atoms with Gasteiger partial charge >= 0.3 is 0 Å². The number of hydrogen-bond acceptors (Lipinski definition) is 1.